The lowest BCUT2D eigenvalue weighted by molar-refractivity contribution is -0.189. The first-order valence-electron chi connectivity index (χ1n) is 13.8. The summed E-state index contributed by atoms with van der Waals surface area (Å²) in [5.41, 5.74) is -1.40. The van der Waals surface area contributed by atoms with Crippen molar-refractivity contribution in [1.29, 1.82) is 0 Å². The van der Waals surface area contributed by atoms with E-state index in [1.807, 2.05) is 0 Å². The normalized spacial score (nSPS) is 24.6. The minimum absolute atomic E-state index is 0.147. The molecule has 0 N–H and O–H groups in total. The number of aryl methyl sites for hydroxylation is 1. The Bertz CT molecular complexity index is 1130. The molecule has 38 heavy (non-hydrogen) atoms. The first-order chi connectivity index (χ1) is 18.1. The molecule has 4 rings (SSSR count). The molecule has 0 aromatic heterocycles. The molecular weight excluding hydrogens is 502 g/mol. The molecule has 2 fully saturated rings. The number of benzene rings is 2. The van der Waals surface area contributed by atoms with Crippen molar-refractivity contribution < 1.29 is 31.1 Å². The number of hydrogen-bond donors (Lipinski definition) is 0. The van der Waals surface area contributed by atoms with E-state index in [0.717, 1.165) is 37.8 Å². The minimum Gasteiger partial charge on any atom is -0.426 e. The maximum absolute atomic E-state index is 15.0. The van der Waals surface area contributed by atoms with Crippen LogP contribution in [0.15, 0.2) is 36.4 Å². The molecule has 0 heterocycles. The van der Waals surface area contributed by atoms with Gasteiger partial charge in [0.1, 0.15) is 5.56 Å². The van der Waals surface area contributed by atoms with Crippen LogP contribution >= 0.6 is 0 Å². The van der Waals surface area contributed by atoms with Gasteiger partial charge in [-0.05, 0) is 112 Å². The molecule has 0 saturated heterocycles. The largest absolute Gasteiger partial charge is 0.429 e. The maximum Gasteiger partial charge on any atom is 0.429 e. The Kier molecular flexibility index (Phi) is 9.15. The summed E-state index contributed by atoms with van der Waals surface area (Å²) in [6, 6.07) is 3.86. The van der Waals surface area contributed by atoms with Gasteiger partial charge in [0.25, 0.3) is 0 Å². The first kappa shape index (κ1) is 28.6. The third kappa shape index (κ3) is 6.23. The average Bonchev–Trinajstić information content (AvgIpc) is 2.90. The Morgan fingerprint density at radius 2 is 1.42 bits per heavy atom. The van der Waals surface area contributed by atoms with Gasteiger partial charge in [-0.2, -0.15) is 13.2 Å². The summed E-state index contributed by atoms with van der Waals surface area (Å²) in [4.78, 5) is 0. The van der Waals surface area contributed by atoms with Crippen molar-refractivity contribution in [3.8, 4) is 5.75 Å². The molecule has 0 atom stereocenters. The number of halogens is 6. The van der Waals surface area contributed by atoms with Crippen molar-refractivity contribution in [2.24, 2.45) is 17.8 Å². The summed E-state index contributed by atoms with van der Waals surface area (Å²) >= 11 is 0. The van der Waals surface area contributed by atoms with Crippen LogP contribution < -0.4 is 4.74 Å². The van der Waals surface area contributed by atoms with Gasteiger partial charge in [-0.25, -0.2) is 13.2 Å². The molecule has 0 amide bonds. The van der Waals surface area contributed by atoms with Crippen LogP contribution in [0.4, 0.5) is 26.3 Å². The second-order valence-electron chi connectivity index (χ2n) is 11.0. The van der Waals surface area contributed by atoms with Gasteiger partial charge >= 0.3 is 6.11 Å². The van der Waals surface area contributed by atoms with Crippen molar-refractivity contribution >= 4 is 0 Å². The summed E-state index contributed by atoms with van der Waals surface area (Å²) in [6.45, 7) is 3.40. The van der Waals surface area contributed by atoms with Crippen LogP contribution in [0.2, 0.25) is 0 Å². The molecule has 1 nitrogen and oxygen atoms in total. The number of ether oxygens (including phenoxy) is 1. The summed E-state index contributed by atoms with van der Waals surface area (Å²) < 4.78 is 91.2. The maximum atomic E-state index is 15.0. The van der Waals surface area contributed by atoms with E-state index in [1.165, 1.54) is 38.7 Å². The van der Waals surface area contributed by atoms with Crippen molar-refractivity contribution in [3.63, 3.8) is 0 Å². The van der Waals surface area contributed by atoms with E-state index in [4.69, 9.17) is 0 Å². The molecule has 0 unspecified atom stereocenters. The molecule has 7 heteroatoms. The highest BCUT2D eigenvalue weighted by Gasteiger charge is 2.40. The molecule has 2 saturated carbocycles. The lowest BCUT2D eigenvalue weighted by Gasteiger charge is -2.37. The molecule has 0 bridgehead atoms. The Labute approximate surface area is 221 Å². The molecule has 2 aliphatic carbocycles. The quantitative estimate of drug-likeness (QED) is 0.240. The predicted octanol–water partition coefficient (Wildman–Crippen LogP) is 10.1. The fourth-order valence-electron chi connectivity index (χ4n) is 6.17. The van der Waals surface area contributed by atoms with Crippen molar-refractivity contribution in [1.82, 2.24) is 0 Å². The Balaban J connectivity index is 1.37. The van der Waals surface area contributed by atoms with Gasteiger partial charge < -0.3 is 4.74 Å². The zero-order chi connectivity index (χ0) is 27.4. The predicted molar refractivity (Wildman–Crippen MR) is 136 cm³/mol. The molecule has 2 aliphatic rings. The molecule has 0 aliphatic heterocycles. The Morgan fingerprint density at radius 3 is 2.05 bits per heavy atom. The standard InChI is InChI=1S/C31H36F6O/c1-3-4-5-6-20-8-10-21(11-9-20)22-12-14-23(15-13-22)24-16-18-26(30(35)28(24)33)38-31(36,37)25-17-7-19(2)27(32)29(25)34/h5-7,16-18,20-23H,3-4,8-15H2,1-2H3/b6-5+. The molecule has 0 radical (unpaired) electrons. The fourth-order valence-corrected chi connectivity index (χ4v) is 6.17. The van der Waals surface area contributed by atoms with Gasteiger partial charge in [-0.3, -0.25) is 0 Å². The SMILES string of the molecule is CCC/C=C/C1CCC(C2CCC(c3ccc(OC(F)(F)c4ccc(C)c(F)c4F)c(F)c3F)CC2)CC1. The number of alkyl halides is 2. The zero-order valence-corrected chi connectivity index (χ0v) is 22.0. The molecule has 208 valence electrons. The highest BCUT2D eigenvalue weighted by Crippen LogP contribution is 2.45. The molecule has 2 aromatic rings. The summed E-state index contributed by atoms with van der Waals surface area (Å²) in [5.74, 6) is -5.35. The van der Waals surface area contributed by atoms with Gasteiger partial charge in [0.05, 0.1) is 0 Å². The van der Waals surface area contributed by atoms with E-state index in [1.54, 1.807) is 0 Å². The number of allylic oxidation sites excluding steroid dienone is 2. The smallest absolute Gasteiger partial charge is 0.426 e. The van der Waals surface area contributed by atoms with Crippen molar-refractivity contribution in [2.45, 2.75) is 90.1 Å². The third-order valence-corrected chi connectivity index (χ3v) is 8.46. The van der Waals surface area contributed by atoms with E-state index >= 15 is 4.39 Å². The Morgan fingerprint density at radius 1 is 0.789 bits per heavy atom. The number of unbranched alkanes of at least 4 members (excludes halogenated alkanes) is 1. The lowest BCUT2D eigenvalue weighted by atomic mass is 9.68. The number of hydrogen-bond acceptors (Lipinski definition) is 1. The zero-order valence-electron chi connectivity index (χ0n) is 22.0. The lowest BCUT2D eigenvalue weighted by Crippen LogP contribution is -2.26. The molecule has 2 aromatic carbocycles. The van der Waals surface area contributed by atoms with Crippen LogP contribution in [0.5, 0.6) is 5.75 Å². The average molecular weight is 539 g/mol. The van der Waals surface area contributed by atoms with E-state index < -0.39 is 40.7 Å². The first-order valence-corrected chi connectivity index (χ1v) is 13.8. The number of rotatable bonds is 8. The fraction of sp³-hybridized carbons (Fsp3) is 0.548. The van der Waals surface area contributed by atoms with Crippen molar-refractivity contribution in [2.75, 3.05) is 0 Å². The highest BCUT2D eigenvalue weighted by atomic mass is 19.3. The van der Waals surface area contributed by atoms with Gasteiger partial charge in [0, 0.05) is 0 Å². The highest BCUT2D eigenvalue weighted by molar-refractivity contribution is 5.35. The van der Waals surface area contributed by atoms with Gasteiger partial charge in [-0.15, -0.1) is 0 Å². The third-order valence-electron chi connectivity index (χ3n) is 8.46. The topological polar surface area (TPSA) is 9.23 Å². The Hall–Kier alpha value is -2.44. The minimum atomic E-state index is -4.39. The second kappa shape index (κ2) is 12.2. The van der Waals surface area contributed by atoms with Crippen LogP contribution in [0.1, 0.15) is 93.7 Å². The monoisotopic (exact) mass is 538 g/mol. The van der Waals surface area contributed by atoms with Crippen molar-refractivity contribution in [3.05, 3.63) is 76.4 Å². The van der Waals surface area contributed by atoms with E-state index in [0.29, 0.717) is 36.7 Å². The van der Waals surface area contributed by atoms with E-state index in [9.17, 15) is 22.0 Å². The molecular formula is C31H36F6O. The summed E-state index contributed by atoms with van der Waals surface area (Å²) in [5, 5.41) is 0. The van der Waals surface area contributed by atoms with Gasteiger partial charge in [-0.1, -0.05) is 37.6 Å². The molecule has 0 spiro atoms. The summed E-state index contributed by atoms with van der Waals surface area (Å²) in [6.07, 6.45) is 10.7. The summed E-state index contributed by atoms with van der Waals surface area (Å²) in [7, 11) is 0. The van der Waals surface area contributed by atoms with E-state index in [2.05, 4.69) is 23.8 Å². The second-order valence-corrected chi connectivity index (χ2v) is 11.0. The van der Waals surface area contributed by atoms with Crippen LogP contribution in [-0.4, -0.2) is 0 Å². The van der Waals surface area contributed by atoms with E-state index in [-0.39, 0.29) is 17.0 Å². The van der Waals surface area contributed by atoms with Crippen LogP contribution in [-0.2, 0) is 6.11 Å². The van der Waals surface area contributed by atoms with Crippen LogP contribution in [0.3, 0.4) is 0 Å². The van der Waals surface area contributed by atoms with Gasteiger partial charge in [0.2, 0.25) is 5.82 Å². The van der Waals surface area contributed by atoms with Crippen LogP contribution in [0.25, 0.3) is 0 Å². The van der Waals surface area contributed by atoms with Gasteiger partial charge in [0.15, 0.2) is 23.2 Å². The van der Waals surface area contributed by atoms with Crippen LogP contribution in [0, 0.1) is 47.9 Å².